The van der Waals surface area contributed by atoms with Crippen LogP contribution in [0.5, 0.6) is 0 Å². The number of likely N-dealkylation sites (N-methyl/N-ethyl adjacent to an activating group) is 1. The molecule has 0 N–H and O–H groups in total. The molecule has 0 amide bonds. The Kier molecular flexibility index (Phi) is 4.11. The van der Waals surface area contributed by atoms with Gasteiger partial charge < -0.3 is 4.79 Å². The fraction of sp³-hybridized carbons (Fsp3) is 0.364. The van der Waals surface area contributed by atoms with Crippen LogP contribution in [0.15, 0.2) is 24.3 Å². The minimum Gasteiger partial charge on any atom is -0.302 e. The first-order valence-corrected chi connectivity index (χ1v) is 4.92. The summed E-state index contributed by atoms with van der Waals surface area (Å²) >= 11 is 5.88. The van der Waals surface area contributed by atoms with Crippen LogP contribution in [0, 0.1) is 0 Å². The maximum Gasteiger partial charge on any atom is 0.133 e. The molecule has 0 fully saturated rings. The molecule has 3 heteroatoms. The number of benzene rings is 1. The summed E-state index contributed by atoms with van der Waals surface area (Å²) in [6.45, 7) is 2.49. The first-order valence-electron chi connectivity index (χ1n) is 4.54. The van der Waals surface area contributed by atoms with E-state index in [1.54, 1.807) is 0 Å². The summed E-state index contributed by atoms with van der Waals surface area (Å²) in [5, 5.41) is 0.730. The quantitative estimate of drug-likeness (QED) is 0.714. The third-order valence-electron chi connectivity index (χ3n) is 2.35. The Hall–Kier alpha value is -0.860. The number of hydrogen-bond donors (Lipinski definition) is 0. The van der Waals surface area contributed by atoms with Crippen LogP contribution in [0.25, 0.3) is 0 Å². The van der Waals surface area contributed by atoms with Gasteiger partial charge in [-0.15, -0.1) is 0 Å². The fourth-order valence-corrected chi connectivity index (χ4v) is 1.50. The molecular weight excluding hydrogens is 198 g/mol. The van der Waals surface area contributed by atoms with Crippen molar-refractivity contribution in [2.24, 2.45) is 0 Å². The summed E-state index contributed by atoms with van der Waals surface area (Å²) in [5.41, 5.74) is 1.13. The van der Waals surface area contributed by atoms with Crippen LogP contribution in [0.2, 0.25) is 5.02 Å². The predicted molar refractivity (Wildman–Crippen MR) is 58.6 cm³/mol. The SMILES string of the molecule is CC(c1cccc(Cl)c1)N(C)CC=O. The molecule has 0 saturated heterocycles. The average Bonchev–Trinajstić information content (AvgIpc) is 2.17. The smallest absolute Gasteiger partial charge is 0.133 e. The Morgan fingerprint density at radius 1 is 1.57 bits per heavy atom. The summed E-state index contributed by atoms with van der Waals surface area (Å²) < 4.78 is 0. The van der Waals surface area contributed by atoms with Crippen molar-refractivity contribution >= 4 is 17.9 Å². The normalized spacial score (nSPS) is 12.9. The standard InChI is InChI=1S/C11H14ClNO/c1-9(13(2)6-7-14)10-4-3-5-11(12)8-10/h3-5,7-9H,6H2,1-2H3. The van der Waals surface area contributed by atoms with Crippen molar-refractivity contribution in [3.63, 3.8) is 0 Å². The van der Waals surface area contributed by atoms with Gasteiger partial charge in [-0.1, -0.05) is 23.7 Å². The third kappa shape index (κ3) is 2.82. The van der Waals surface area contributed by atoms with E-state index in [-0.39, 0.29) is 6.04 Å². The molecule has 0 aliphatic heterocycles. The summed E-state index contributed by atoms with van der Waals surface area (Å²) in [4.78, 5) is 12.3. The minimum atomic E-state index is 0.207. The maximum absolute atomic E-state index is 10.4. The molecule has 2 nitrogen and oxygen atoms in total. The summed E-state index contributed by atoms with van der Waals surface area (Å²) in [7, 11) is 1.92. The highest BCUT2D eigenvalue weighted by atomic mass is 35.5. The molecule has 0 radical (unpaired) electrons. The molecule has 1 unspecified atom stereocenters. The van der Waals surface area contributed by atoms with Crippen molar-refractivity contribution in [1.82, 2.24) is 4.90 Å². The number of aldehydes is 1. The molecule has 0 aliphatic carbocycles. The van der Waals surface area contributed by atoms with E-state index in [9.17, 15) is 4.79 Å². The molecule has 0 saturated carbocycles. The van der Waals surface area contributed by atoms with Crippen LogP contribution in [0.3, 0.4) is 0 Å². The Morgan fingerprint density at radius 3 is 2.86 bits per heavy atom. The molecule has 1 rings (SSSR count). The maximum atomic E-state index is 10.4. The molecule has 0 spiro atoms. The number of rotatable bonds is 4. The van der Waals surface area contributed by atoms with Gasteiger partial charge in [0.05, 0.1) is 6.54 Å². The van der Waals surface area contributed by atoms with Crippen LogP contribution >= 0.6 is 11.6 Å². The number of carbonyl (C=O) groups excluding carboxylic acids is 1. The van der Waals surface area contributed by atoms with E-state index in [1.807, 2.05) is 36.2 Å². The number of halogens is 1. The number of carbonyl (C=O) groups is 1. The van der Waals surface area contributed by atoms with E-state index in [0.717, 1.165) is 16.9 Å². The van der Waals surface area contributed by atoms with E-state index in [1.165, 1.54) is 0 Å². The van der Waals surface area contributed by atoms with Crippen molar-refractivity contribution in [3.8, 4) is 0 Å². The zero-order chi connectivity index (χ0) is 10.6. The van der Waals surface area contributed by atoms with Gasteiger partial charge in [0.2, 0.25) is 0 Å². The minimum absolute atomic E-state index is 0.207. The second kappa shape index (κ2) is 5.13. The van der Waals surface area contributed by atoms with Crippen molar-refractivity contribution in [3.05, 3.63) is 34.9 Å². The van der Waals surface area contributed by atoms with Crippen molar-refractivity contribution in [1.29, 1.82) is 0 Å². The van der Waals surface area contributed by atoms with Gasteiger partial charge in [-0.2, -0.15) is 0 Å². The fourth-order valence-electron chi connectivity index (χ4n) is 1.30. The molecule has 76 valence electrons. The summed E-state index contributed by atoms with van der Waals surface area (Å²) in [6, 6.07) is 7.91. The Labute approximate surface area is 89.5 Å². The molecule has 0 bridgehead atoms. The highest BCUT2D eigenvalue weighted by Gasteiger charge is 2.10. The summed E-state index contributed by atoms with van der Waals surface area (Å²) in [5.74, 6) is 0. The highest BCUT2D eigenvalue weighted by molar-refractivity contribution is 6.30. The lowest BCUT2D eigenvalue weighted by atomic mass is 10.1. The Bertz CT molecular complexity index is 314. The first kappa shape index (κ1) is 11.2. The zero-order valence-electron chi connectivity index (χ0n) is 8.40. The molecule has 1 aromatic carbocycles. The largest absolute Gasteiger partial charge is 0.302 e. The van der Waals surface area contributed by atoms with Crippen LogP contribution in [-0.4, -0.2) is 24.8 Å². The van der Waals surface area contributed by atoms with Gasteiger partial charge in [0.1, 0.15) is 6.29 Å². The van der Waals surface area contributed by atoms with Gasteiger partial charge in [-0.05, 0) is 31.7 Å². The van der Waals surface area contributed by atoms with Crippen molar-refractivity contribution in [2.75, 3.05) is 13.6 Å². The predicted octanol–water partition coefficient (Wildman–Crippen LogP) is 2.53. The van der Waals surface area contributed by atoms with Crippen LogP contribution in [0.4, 0.5) is 0 Å². The lowest BCUT2D eigenvalue weighted by Crippen LogP contribution is -2.24. The van der Waals surface area contributed by atoms with Crippen molar-refractivity contribution in [2.45, 2.75) is 13.0 Å². The molecule has 1 atom stereocenters. The van der Waals surface area contributed by atoms with Gasteiger partial charge >= 0.3 is 0 Å². The number of hydrogen-bond acceptors (Lipinski definition) is 2. The molecule has 0 heterocycles. The monoisotopic (exact) mass is 211 g/mol. The van der Waals surface area contributed by atoms with Gasteiger partial charge in [0.25, 0.3) is 0 Å². The third-order valence-corrected chi connectivity index (χ3v) is 2.59. The second-order valence-corrected chi connectivity index (χ2v) is 3.77. The lowest BCUT2D eigenvalue weighted by molar-refractivity contribution is -0.109. The Morgan fingerprint density at radius 2 is 2.29 bits per heavy atom. The lowest BCUT2D eigenvalue weighted by Gasteiger charge is -2.22. The van der Waals surface area contributed by atoms with Crippen molar-refractivity contribution < 1.29 is 4.79 Å². The first-order chi connectivity index (χ1) is 6.65. The van der Waals surface area contributed by atoms with E-state index >= 15 is 0 Å². The molecule has 0 aromatic heterocycles. The van der Waals surface area contributed by atoms with Crippen LogP contribution in [0.1, 0.15) is 18.5 Å². The number of nitrogens with zero attached hydrogens (tertiary/aromatic N) is 1. The van der Waals surface area contributed by atoms with Gasteiger partial charge in [0, 0.05) is 11.1 Å². The highest BCUT2D eigenvalue weighted by Crippen LogP contribution is 2.21. The Balaban J connectivity index is 2.77. The van der Waals surface area contributed by atoms with E-state index in [4.69, 9.17) is 11.6 Å². The van der Waals surface area contributed by atoms with E-state index in [0.29, 0.717) is 6.54 Å². The molecule has 0 aliphatic rings. The second-order valence-electron chi connectivity index (χ2n) is 3.34. The zero-order valence-corrected chi connectivity index (χ0v) is 9.16. The van der Waals surface area contributed by atoms with Gasteiger partial charge in [0.15, 0.2) is 0 Å². The van der Waals surface area contributed by atoms with Crippen LogP contribution < -0.4 is 0 Å². The summed E-state index contributed by atoms with van der Waals surface area (Å²) in [6.07, 6.45) is 0.904. The van der Waals surface area contributed by atoms with Crippen LogP contribution in [-0.2, 0) is 4.79 Å². The average molecular weight is 212 g/mol. The molecule has 14 heavy (non-hydrogen) atoms. The topological polar surface area (TPSA) is 20.3 Å². The van der Waals surface area contributed by atoms with Gasteiger partial charge in [-0.3, -0.25) is 4.90 Å². The van der Waals surface area contributed by atoms with E-state index in [2.05, 4.69) is 6.92 Å². The van der Waals surface area contributed by atoms with E-state index < -0.39 is 0 Å². The molecule has 1 aromatic rings. The van der Waals surface area contributed by atoms with Gasteiger partial charge in [-0.25, -0.2) is 0 Å². The molecular formula is C11H14ClNO.